The summed E-state index contributed by atoms with van der Waals surface area (Å²) in [5, 5.41) is 6.82. The number of nitrogens with zero attached hydrogens (tertiary/aromatic N) is 1. The van der Waals surface area contributed by atoms with E-state index in [1.807, 2.05) is 7.05 Å². The van der Waals surface area contributed by atoms with Crippen LogP contribution in [0.1, 0.15) is 65.2 Å². The molecule has 144 valence electrons. The highest BCUT2D eigenvalue weighted by molar-refractivity contribution is 14.0. The number of halogens is 1. The lowest BCUT2D eigenvalue weighted by Gasteiger charge is -2.18. The molecule has 1 saturated heterocycles. The van der Waals surface area contributed by atoms with E-state index in [9.17, 15) is 0 Å². The lowest BCUT2D eigenvalue weighted by atomic mass is 10.1. The molecule has 2 N–H and O–H groups in total. The lowest BCUT2D eigenvalue weighted by Crippen LogP contribution is -2.42. The van der Waals surface area contributed by atoms with Crippen LogP contribution in [0, 0.1) is 0 Å². The zero-order valence-corrected chi connectivity index (χ0v) is 18.1. The minimum absolute atomic E-state index is 0. The van der Waals surface area contributed by atoms with E-state index in [4.69, 9.17) is 9.47 Å². The molecule has 5 nitrogen and oxygen atoms in total. The second-order valence-electron chi connectivity index (χ2n) is 6.46. The van der Waals surface area contributed by atoms with Gasteiger partial charge in [-0.05, 0) is 32.6 Å². The van der Waals surface area contributed by atoms with Crippen LogP contribution in [0.4, 0.5) is 0 Å². The highest BCUT2D eigenvalue weighted by Gasteiger charge is 2.14. The molecule has 0 aromatic rings. The van der Waals surface area contributed by atoms with E-state index in [0.717, 1.165) is 45.2 Å². The van der Waals surface area contributed by atoms with Crippen LogP contribution >= 0.6 is 24.0 Å². The summed E-state index contributed by atoms with van der Waals surface area (Å²) in [6.07, 6.45) is 10.1. The Morgan fingerprint density at radius 2 is 2.12 bits per heavy atom. The Morgan fingerprint density at radius 1 is 1.29 bits per heavy atom. The maximum Gasteiger partial charge on any atom is 0.191 e. The molecule has 0 bridgehead atoms. The fourth-order valence-corrected chi connectivity index (χ4v) is 2.75. The number of hydrogen-bond donors (Lipinski definition) is 2. The van der Waals surface area contributed by atoms with Crippen LogP contribution < -0.4 is 10.6 Å². The average molecular weight is 455 g/mol. The molecular formula is C18H38IN3O2. The zero-order chi connectivity index (χ0) is 16.8. The molecule has 2 atom stereocenters. The molecule has 6 heteroatoms. The number of aliphatic imine (C=N–C) groups is 1. The fraction of sp³-hybridized carbons (Fsp3) is 0.944. The van der Waals surface area contributed by atoms with E-state index in [-0.39, 0.29) is 24.0 Å². The molecule has 1 aliphatic heterocycles. The van der Waals surface area contributed by atoms with Gasteiger partial charge in [0.25, 0.3) is 0 Å². The monoisotopic (exact) mass is 455 g/mol. The van der Waals surface area contributed by atoms with Crippen molar-refractivity contribution >= 4 is 29.9 Å². The third kappa shape index (κ3) is 12.3. The molecule has 0 radical (unpaired) electrons. The molecular weight excluding hydrogens is 417 g/mol. The van der Waals surface area contributed by atoms with Crippen molar-refractivity contribution in [1.82, 2.24) is 10.6 Å². The van der Waals surface area contributed by atoms with E-state index in [2.05, 4.69) is 29.5 Å². The maximum atomic E-state index is 5.66. The number of ether oxygens (including phenoxy) is 2. The summed E-state index contributed by atoms with van der Waals surface area (Å²) in [6, 6.07) is 0.467. The van der Waals surface area contributed by atoms with Crippen LogP contribution in [0.5, 0.6) is 0 Å². The Balaban J connectivity index is 0.00000529. The fourth-order valence-electron chi connectivity index (χ4n) is 2.75. The van der Waals surface area contributed by atoms with E-state index < -0.39 is 0 Å². The largest absolute Gasteiger partial charge is 0.379 e. The highest BCUT2D eigenvalue weighted by atomic mass is 127. The predicted octanol–water partition coefficient (Wildman–Crippen LogP) is 3.71. The third-order valence-corrected chi connectivity index (χ3v) is 4.18. The Kier molecular flexibility index (Phi) is 16.3. The minimum Gasteiger partial charge on any atom is -0.379 e. The first kappa shape index (κ1) is 23.9. The smallest absolute Gasteiger partial charge is 0.191 e. The van der Waals surface area contributed by atoms with Crippen molar-refractivity contribution in [3.05, 3.63) is 0 Å². The molecule has 0 amide bonds. The highest BCUT2D eigenvalue weighted by Crippen LogP contribution is 2.11. The van der Waals surface area contributed by atoms with Gasteiger partial charge in [-0.25, -0.2) is 0 Å². The summed E-state index contributed by atoms with van der Waals surface area (Å²) in [7, 11) is 1.83. The van der Waals surface area contributed by atoms with Gasteiger partial charge in [0.2, 0.25) is 0 Å². The SMILES string of the molecule is CCCCCCC(C)NC(=NC)NCCCOCC1CCCO1.I. The Hall–Kier alpha value is -0.0800. The molecule has 0 saturated carbocycles. The van der Waals surface area contributed by atoms with Gasteiger partial charge < -0.3 is 20.1 Å². The summed E-state index contributed by atoms with van der Waals surface area (Å²) in [5.74, 6) is 0.895. The molecule has 1 heterocycles. The first-order valence-electron chi connectivity index (χ1n) is 9.42. The van der Waals surface area contributed by atoms with Crippen LogP contribution in [0.2, 0.25) is 0 Å². The summed E-state index contributed by atoms with van der Waals surface area (Å²) in [5.41, 5.74) is 0. The Labute approximate surface area is 165 Å². The van der Waals surface area contributed by atoms with Crippen molar-refractivity contribution in [3.63, 3.8) is 0 Å². The van der Waals surface area contributed by atoms with Crippen LogP contribution in [0.25, 0.3) is 0 Å². The molecule has 1 fully saturated rings. The van der Waals surface area contributed by atoms with Gasteiger partial charge in [-0.15, -0.1) is 24.0 Å². The van der Waals surface area contributed by atoms with Crippen molar-refractivity contribution in [2.75, 3.05) is 33.4 Å². The minimum atomic E-state index is 0. The lowest BCUT2D eigenvalue weighted by molar-refractivity contribution is 0.0168. The molecule has 2 unspecified atom stereocenters. The number of hydrogen-bond acceptors (Lipinski definition) is 3. The molecule has 0 aromatic carbocycles. The van der Waals surface area contributed by atoms with Gasteiger partial charge in [0.05, 0.1) is 12.7 Å². The predicted molar refractivity (Wildman–Crippen MR) is 113 cm³/mol. The van der Waals surface area contributed by atoms with Crippen molar-refractivity contribution in [1.29, 1.82) is 0 Å². The van der Waals surface area contributed by atoms with E-state index in [1.165, 1.54) is 38.5 Å². The zero-order valence-electron chi connectivity index (χ0n) is 15.8. The first-order valence-corrected chi connectivity index (χ1v) is 9.42. The van der Waals surface area contributed by atoms with Crippen LogP contribution in [-0.4, -0.2) is 51.5 Å². The van der Waals surface area contributed by atoms with Gasteiger partial charge in [0, 0.05) is 32.8 Å². The molecule has 1 aliphatic rings. The van der Waals surface area contributed by atoms with Gasteiger partial charge in [0.15, 0.2) is 5.96 Å². The van der Waals surface area contributed by atoms with Gasteiger partial charge in [0.1, 0.15) is 0 Å². The standard InChI is InChI=1S/C18H37N3O2.HI/c1-4-5-6-7-10-16(2)21-18(19-3)20-12-9-13-22-15-17-11-8-14-23-17;/h16-17H,4-15H2,1-3H3,(H2,19,20,21);1H. The van der Waals surface area contributed by atoms with Gasteiger partial charge in [-0.1, -0.05) is 32.6 Å². The van der Waals surface area contributed by atoms with Crippen molar-refractivity contribution in [2.45, 2.75) is 77.4 Å². The number of unbranched alkanes of at least 4 members (excludes halogenated alkanes) is 3. The quantitative estimate of drug-likeness (QED) is 0.204. The van der Waals surface area contributed by atoms with Gasteiger partial charge in [-0.2, -0.15) is 0 Å². The van der Waals surface area contributed by atoms with Crippen molar-refractivity contribution < 1.29 is 9.47 Å². The third-order valence-electron chi connectivity index (χ3n) is 4.18. The van der Waals surface area contributed by atoms with E-state index >= 15 is 0 Å². The van der Waals surface area contributed by atoms with Crippen LogP contribution in [-0.2, 0) is 9.47 Å². The molecule has 0 aromatic heterocycles. The van der Waals surface area contributed by atoms with Crippen molar-refractivity contribution in [2.24, 2.45) is 4.99 Å². The summed E-state index contributed by atoms with van der Waals surface area (Å²) < 4.78 is 11.2. The molecule has 0 spiro atoms. The van der Waals surface area contributed by atoms with E-state index in [1.54, 1.807) is 0 Å². The number of nitrogens with one attached hydrogen (secondary N) is 2. The molecule has 24 heavy (non-hydrogen) atoms. The summed E-state index contributed by atoms with van der Waals surface area (Å²) in [6.45, 7) is 7.77. The number of guanidine groups is 1. The topological polar surface area (TPSA) is 54.9 Å². The van der Waals surface area contributed by atoms with Gasteiger partial charge in [-0.3, -0.25) is 4.99 Å². The molecule has 1 rings (SSSR count). The van der Waals surface area contributed by atoms with Crippen molar-refractivity contribution in [3.8, 4) is 0 Å². The van der Waals surface area contributed by atoms with E-state index in [0.29, 0.717) is 12.1 Å². The second-order valence-corrected chi connectivity index (χ2v) is 6.46. The maximum absolute atomic E-state index is 5.66. The Bertz CT molecular complexity index is 311. The summed E-state index contributed by atoms with van der Waals surface area (Å²) >= 11 is 0. The second kappa shape index (κ2) is 16.4. The van der Waals surface area contributed by atoms with Crippen LogP contribution in [0.15, 0.2) is 4.99 Å². The Morgan fingerprint density at radius 3 is 2.79 bits per heavy atom. The molecule has 0 aliphatic carbocycles. The normalized spacial score (nSPS) is 19.0. The van der Waals surface area contributed by atoms with Gasteiger partial charge >= 0.3 is 0 Å². The van der Waals surface area contributed by atoms with Crippen LogP contribution in [0.3, 0.4) is 0 Å². The average Bonchev–Trinajstić information content (AvgIpc) is 3.07. The summed E-state index contributed by atoms with van der Waals surface area (Å²) in [4.78, 5) is 4.29. The first-order chi connectivity index (χ1) is 11.3. The number of rotatable bonds is 12.